The van der Waals surface area contributed by atoms with Crippen molar-refractivity contribution >= 4 is 46.6 Å². The van der Waals surface area contributed by atoms with E-state index in [1.54, 1.807) is 53.8 Å². The van der Waals surface area contributed by atoms with Crippen molar-refractivity contribution < 1.29 is 38.5 Å². The van der Waals surface area contributed by atoms with Gasteiger partial charge in [0, 0.05) is 54.6 Å². The molecule has 17 heteroatoms. The number of nitrogens with zero attached hydrogens (tertiary/aromatic N) is 4. The van der Waals surface area contributed by atoms with Crippen molar-refractivity contribution in [3.63, 3.8) is 0 Å². The summed E-state index contributed by atoms with van der Waals surface area (Å²) < 4.78 is 18.0. The summed E-state index contributed by atoms with van der Waals surface area (Å²) in [6.07, 6.45) is 3.43. The minimum atomic E-state index is -0.967. The molecule has 2 aliphatic heterocycles. The highest BCUT2D eigenvalue weighted by molar-refractivity contribution is 7.13. The number of thiazole rings is 1. The van der Waals surface area contributed by atoms with Crippen LogP contribution in [0.15, 0.2) is 72.2 Å². The van der Waals surface area contributed by atoms with E-state index in [4.69, 9.17) is 25.8 Å². The molecular weight excluding hydrogens is 966 g/mol. The third-order valence-corrected chi connectivity index (χ3v) is 15.8. The van der Waals surface area contributed by atoms with Crippen molar-refractivity contribution in [1.82, 2.24) is 30.7 Å². The first-order valence-corrected chi connectivity index (χ1v) is 26.7. The number of rotatable bonds is 21. The molecule has 1 saturated carbocycles. The van der Waals surface area contributed by atoms with E-state index < -0.39 is 46.2 Å². The number of carbonyl (C=O) groups excluding carboxylic acids is 4. The van der Waals surface area contributed by atoms with Crippen LogP contribution in [0, 0.1) is 34.5 Å². The summed E-state index contributed by atoms with van der Waals surface area (Å²) in [5, 5.41) is 29.7. The Morgan fingerprint density at radius 2 is 1.60 bits per heavy atom. The molecule has 4 aromatic rings. The summed E-state index contributed by atoms with van der Waals surface area (Å²) in [5.41, 5.74) is 4.23. The predicted octanol–water partition coefficient (Wildman–Crippen LogP) is 8.27. The van der Waals surface area contributed by atoms with Gasteiger partial charge in [-0.1, -0.05) is 84.3 Å². The molecule has 4 atom stereocenters. The zero-order chi connectivity index (χ0) is 52.7. The van der Waals surface area contributed by atoms with Gasteiger partial charge in [0.1, 0.15) is 42.4 Å². The van der Waals surface area contributed by atoms with Crippen molar-refractivity contribution in [1.29, 1.82) is 5.26 Å². The van der Waals surface area contributed by atoms with Crippen molar-refractivity contribution in [2.45, 2.75) is 130 Å². The summed E-state index contributed by atoms with van der Waals surface area (Å²) in [7, 11) is 0. The van der Waals surface area contributed by atoms with Crippen LogP contribution in [0.4, 0.5) is 0 Å². The van der Waals surface area contributed by atoms with Gasteiger partial charge in [0.2, 0.25) is 17.7 Å². The average Bonchev–Trinajstić information content (AvgIpc) is 4.13. The zero-order valence-electron chi connectivity index (χ0n) is 43.5. The van der Waals surface area contributed by atoms with E-state index in [1.165, 1.54) is 4.90 Å². The van der Waals surface area contributed by atoms with E-state index in [9.17, 15) is 29.5 Å². The lowest BCUT2D eigenvalue weighted by Gasteiger charge is -2.63. The highest BCUT2D eigenvalue weighted by atomic mass is 35.5. The van der Waals surface area contributed by atoms with Gasteiger partial charge in [-0.25, -0.2) is 4.98 Å². The summed E-state index contributed by atoms with van der Waals surface area (Å²) in [6.45, 7) is 18.9. The molecule has 2 saturated heterocycles. The van der Waals surface area contributed by atoms with Gasteiger partial charge in [-0.05, 0) is 105 Å². The number of ether oxygens (including phenoxy) is 3. The fraction of sp³-hybridized carbons (Fsp3) is 0.536. The largest absolute Gasteiger partial charge is 0.494 e. The molecule has 73 heavy (non-hydrogen) atoms. The topological polar surface area (TPSA) is 195 Å². The highest BCUT2D eigenvalue weighted by Gasteiger charge is 2.64. The molecule has 1 aliphatic carbocycles. The zero-order valence-corrected chi connectivity index (χ0v) is 45.0. The second kappa shape index (κ2) is 23.7. The molecule has 392 valence electrons. The number of amides is 4. The minimum absolute atomic E-state index is 0.0162. The average molecular weight is 1040 g/mol. The molecule has 3 fully saturated rings. The number of aryl methyl sites for hydroxylation is 1. The van der Waals surface area contributed by atoms with Crippen LogP contribution in [0.2, 0.25) is 5.02 Å². The minimum Gasteiger partial charge on any atom is -0.494 e. The molecule has 3 aromatic carbocycles. The van der Waals surface area contributed by atoms with Gasteiger partial charge >= 0.3 is 0 Å². The summed E-state index contributed by atoms with van der Waals surface area (Å²) in [6, 6.07) is 20.0. The van der Waals surface area contributed by atoms with Crippen LogP contribution < -0.4 is 25.4 Å². The predicted molar refractivity (Wildman–Crippen MR) is 282 cm³/mol. The lowest BCUT2D eigenvalue weighted by Crippen LogP contribution is -2.74. The molecule has 7 rings (SSSR count). The molecule has 1 unspecified atom stereocenters. The van der Waals surface area contributed by atoms with E-state index in [0.29, 0.717) is 53.8 Å². The molecule has 3 heterocycles. The third kappa shape index (κ3) is 13.4. The summed E-state index contributed by atoms with van der Waals surface area (Å²) in [4.78, 5) is 64.4. The Hall–Kier alpha value is -5.57. The van der Waals surface area contributed by atoms with Crippen molar-refractivity contribution in [3.05, 3.63) is 99.6 Å². The second-order valence-corrected chi connectivity index (χ2v) is 23.3. The number of nitrogens with one attached hydrogen (secondary N) is 3. The number of halogens is 1. The number of nitriles is 1. The molecule has 1 aromatic heterocycles. The summed E-state index contributed by atoms with van der Waals surface area (Å²) in [5.74, 6) is -0.177. The number of β-amino-alcohol motifs (C(OH)–C–C–N with tert-alkyl or cyclic N) is 1. The number of unbranched alkanes of at least 4 members (excludes halogenated alkanes) is 2. The fourth-order valence-corrected chi connectivity index (χ4v) is 11.9. The van der Waals surface area contributed by atoms with Crippen LogP contribution in [-0.2, 0) is 19.1 Å². The van der Waals surface area contributed by atoms with E-state index in [0.717, 1.165) is 60.5 Å². The summed E-state index contributed by atoms with van der Waals surface area (Å²) >= 11 is 7.84. The number of aliphatic hydroxyl groups excluding tert-OH is 1. The first-order chi connectivity index (χ1) is 34.7. The number of aliphatic hydroxyl groups is 1. The normalized spacial score (nSPS) is 21.1. The Bertz CT molecular complexity index is 2590. The molecule has 4 amide bonds. The van der Waals surface area contributed by atoms with Crippen LogP contribution in [0.3, 0.4) is 0 Å². The van der Waals surface area contributed by atoms with Gasteiger partial charge in [0.15, 0.2) is 0 Å². The van der Waals surface area contributed by atoms with Gasteiger partial charge in [-0.2, -0.15) is 5.26 Å². The van der Waals surface area contributed by atoms with E-state index >= 15 is 0 Å². The van der Waals surface area contributed by atoms with Gasteiger partial charge < -0.3 is 45.1 Å². The highest BCUT2D eigenvalue weighted by Crippen LogP contribution is 2.55. The van der Waals surface area contributed by atoms with Crippen molar-refractivity contribution in [2.24, 2.45) is 16.2 Å². The first kappa shape index (κ1) is 55.2. The Morgan fingerprint density at radius 1 is 0.932 bits per heavy atom. The Morgan fingerprint density at radius 3 is 2.23 bits per heavy atom. The molecule has 15 nitrogen and oxygen atoms in total. The standard InChI is InChI=1S/C56H72ClN7O8S/c1-35-47(73-34-59-35)37-16-14-36(15-17-37)44(32-63-24-10-11-25-63)60-50(68)45-28-40(65)31-64(45)51(69)48(54(2,3)4)61-46(66)33-70-26-12-9-13-27-71-41-21-18-38(19-22-41)49(67)62-52-55(5,6)53(56(52,7)8)72-42-23-20-39(30-58)43(57)29-42/h14-23,29,34,40,44-45,48,52-53,65H,9-13,24-28,31-33H2,1-8H3,(H,60,68)(H,61,66)(H,62,67)/t40-,44-,45+,48?,52-,53-/m1/s1. The molecule has 0 radical (unpaired) electrons. The van der Waals surface area contributed by atoms with Gasteiger partial charge in [-0.15, -0.1) is 11.3 Å². The first-order valence-electron chi connectivity index (χ1n) is 25.5. The third-order valence-electron chi connectivity index (χ3n) is 14.5. The second-order valence-electron chi connectivity index (χ2n) is 22.0. The molecular formula is C56H72ClN7O8S. The van der Waals surface area contributed by atoms with Crippen LogP contribution in [0.25, 0.3) is 10.4 Å². The van der Waals surface area contributed by atoms with Crippen LogP contribution in [0.5, 0.6) is 11.5 Å². The Balaban J connectivity index is 0.827. The number of benzene rings is 3. The maximum atomic E-state index is 14.3. The maximum Gasteiger partial charge on any atom is 0.251 e. The quantitative estimate of drug-likeness (QED) is 0.0587. The monoisotopic (exact) mass is 1040 g/mol. The number of hydrogen-bond acceptors (Lipinski definition) is 12. The van der Waals surface area contributed by atoms with Crippen LogP contribution in [0.1, 0.15) is 120 Å². The molecule has 0 spiro atoms. The van der Waals surface area contributed by atoms with E-state index in [-0.39, 0.29) is 49.6 Å². The van der Waals surface area contributed by atoms with Crippen molar-refractivity contribution in [2.75, 3.05) is 46.0 Å². The van der Waals surface area contributed by atoms with E-state index in [1.807, 2.05) is 45.3 Å². The smallest absolute Gasteiger partial charge is 0.251 e. The van der Waals surface area contributed by atoms with E-state index in [2.05, 4.69) is 71.7 Å². The molecule has 4 N–H and O–H groups in total. The molecule has 3 aliphatic rings. The van der Waals surface area contributed by atoms with Gasteiger partial charge in [0.05, 0.1) is 45.4 Å². The van der Waals surface area contributed by atoms with Crippen LogP contribution >= 0.6 is 22.9 Å². The Kier molecular flexibility index (Phi) is 18.0. The maximum absolute atomic E-state index is 14.3. The lowest BCUT2D eigenvalue weighted by molar-refractivity contribution is -0.164. The number of hydrogen-bond donors (Lipinski definition) is 4. The van der Waals surface area contributed by atoms with Crippen LogP contribution in [-0.4, -0.2) is 120 Å². The number of carbonyl (C=O) groups is 4. The van der Waals surface area contributed by atoms with Gasteiger partial charge in [0.25, 0.3) is 5.91 Å². The van der Waals surface area contributed by atoms with Gasteiger partial charge in [-0.3, -0.25) is 19.2 Å². The fourth-order valence-electron chi connectivity index (χ4n) is 10.8. The number of aromatic nitrogens is 1. The number of likely N-dealkylation sites (tertiary alicyclic amines) is 2. The molecule has 0 bridgehead atoms. The SMILES string of the molecule is Cc1ncsc1-c1ccc([C@@H](CN2CCCC2)NC(=O)[C@@H]2C[C@@H](O)CN2C(=O)C(NC(=O)COCCCCCOc2ccc(C(=O)N[C@H]3C(C)(C)[C@H](Oc4ccc(C#N)c(Cl)c4)C3(C)C)cc2)C(C)(C)C)cc1. The van der Waals surface area contributed by atoms with Crippen molar-refractivity contribution in [3.8, 4) is 28.0 Å². The lowest BCUT2D eigenvalue weighted by atomic mass is 9.49. The Labute approximate surface area is 439 Å².